The molecule has 1 saturated heterocycles. The number of halogens is 1. The first-order valence-electron chi connectivity index (χ1n) is 8.21. The first-order chi connectivity index (χ1) is 11.1. The molecule has 5 nitrogen and oxygen atoms in total. The lowest BCUT2D eigenvalue weighted by Gasteiger charge is -2.32. The zero-order valence-corrected chi connectivity index (χ0v) is 13.7. The third-order valence-electron chi connectivity index (χ3n) is 4.27. The topological polar surface area (TPSA) is 55.8 Å². The molecule has 1 unspecified atom stereocenters. The molecule has 0 bridgehead atoms. The van der Waals surface area contributed by atoms with Gasteiger partial charge in [0.2, 0.25) is 0 Å². The van der Waals surface area contributed by atoms with Gasteiger partial charge in [-0.3, -0.25) is 0 Å². The first kappa shape index (κ1) is 17.5. The molecule has 0 radical (unpaired) electrons. The summed E-state index contributed by atoms with van der Waals surface area (Å²) in [5, 5.41) is 12.1. The van der Waals surface area contributed by atoms with E-state index < -0.39 is 0 Å². The predicted octanol–water partition coefficient (Wildman–Crippen LogP) is 2.07. The van der Waals surface area contributed by atoms with Crippen LogP contribution in [0.1, 0.15) is 19.3 Å². The number of amides is 2. The summed E-state index contributed by atoms with van der Waals surface area (Å²) in [4.78, 5) is 15.7. The van der Waals surface area contributed by atoms with Crippen LogP contribution in [0.2, 0.25) is 0 Å². The number of likely N-dealkylation sites (tertiary alicyclic amines) is 1. The van der Waals surface area contributed by atoms with E-state index in [-0.39, 0.29) is 24.4 Å². The van der Waals surface area contributed by atoms with Crippen LogP contribution in [0.5, 0.6) is 0 Å². The largest absolute Gasteiger partial charge is 0.396 e. The van der Waals surface area contributed by atoms with Crippen molar-refractivity contribution in [3.63, 3.8) is 0 Å². The second kappa shape index (κ2) is 8.72. The third kappa shape index (κ3) is 5.10. The Bertz CT molecular complexity index is 512. The highest BCUT2D eigenvalue weighted by atomic mass is 19.1. The normalized spacial score (nSPS) is 17.9. The Balaban J connectivity index is 1.69. The zero-order valence-electron chi connectivity index (χ0n) is 13.7. The summed E-state index contributed by atoms with van der Waals surface area (Å²) >= 11 is 0. The number of hydrogen-bond acceptors (Lipinski definition) is 3. The highest BCUT2D eigenvalue weighted by molar-refractivity contribution is 5.74. The number of anilines is 1. The van der Waals surface area contributed by atoms with Gasteiger partial charge in [-0.1, -0.05) is 12.1 Å². The van der Waals surface area contributed by atoms with Crippen LogP contribution in [-0.2, 0) is 0 Å². The summed E-state index contributed by atoms with van der Waals surface area (Å²) in [6.07, 6.45) is 2.66. The summed E-state index contributed by atoms with van der Waals surface area (Å²) in [5.41, 5.74) is 0.570. The standard InChI is InChI=1S/C17H26FN3O2/c1-20(16-8-3-2-7-15(16)18)10-5-9-19-17(23)21-11-4-6-14(12-21)13-22/h2-3,7-8,14,22H,4-6,9-13H2,1H3,(H,19,23). The van der Waals surface area contributed by atoms with Gasteiger partial charge in [0.1, 0.15) is 5.82 Å². The summed E-state index contributed by atoms with van der Waals surface area (Å²) in [7, 11) is 1.84. The first-order valence-corrected chi connectivity index (χ1v) is 8.21. The molecular weight excluding hydrogens is 297 g/mol. The van der Waals surface area contributed by atoms with Crippen LogP contribution in [0.25, 0.3) is 0 Å². The van der Waals surface area contributed by atoms with E-state index >= 15 is 0 Å². The fraction of sp³-hybridized carbons (Fsp3) is 0.588. The van der Waals surface area contributed by atoms with Crippen molar-refractivity contribution >= 4 is 11.7 Å². The molecule has 0 aromatic heterocycles. The minimum absolute atomic E-state index is 0.0725. The lowest BCUT2D eigenvalue weighted by atomic mass is 9.99. The number of aliphatic hydroxyl groups is 1. The molecule has 2 amide bonds. The van der Waals surface area contributed by atoms with Crippen LogP contribution in [0.15, 0.2) is 24.3 Å². The Morgan fingerprint density at radius 2 is 2.26 bits per heavy atom. The van der Waals surface area contributed by atoms with Crippen LogP contribution < -0.4 is 10.2 Å². The molecule has 1 aliphatic rings. The molecule has 1 aliphatic heterocycles. The van der Waals surface area contributed by atoms with Gasteiger partial charge < -0.3 is 20.2 Å². The van der Waals surface area contributed by atoms with Gasteiger partial charge in [-0.25, -0.2) is 9.18 Å². The van der Waals surface area contributed by atoms with Crippen molar-refractivity contribution in [1.29, 1.82) is 0 Å². The van der Waals surface area contributed by atoms with E-state index in [1.54, 1.807) is 17.0 Å². The molecule has 23 heavy (non-hydrogen) atoms. The number of benzene rings is 1. The predicted molar refractivity (Wildman–Crippen MR) is 89.1 cm³/mol. The number of para-hydroxylation sites is 1. The Morgan fingerprint density at radius 1 is 1.48 bits per heavy atom. The Morgan fingerprint density at radius 3 is 3.00 bits per heavy atom. The minimum Gasteiger partial charge on any atom is -0.396 e. The number of nitrogens with zero attached hydrogens (tertiary/aromatic N) is 2. The molecule has 128 valence electrons. The maximum Gasteiger partial charge on any atom is 0.317 e. The third-order valence-corrected chi connectivity index (χ3v) is 4.27. The lowest BCUT2D eigenvalue weighted by molar-refractivity contribution is 0.129. The average molecular weight is 323 g/mol. The molecule has 1 aromatic rings. The van der Waals surface area contributed by atoms with Crippen LogP contribution >= 0.6 is 0 Å². The van der Waals surface area contributed by atoms with Crippen LogP contribution in [0.3, 0.4) is 0 Å². The Hall–Kier alpha value is -1.82. The number of carbonyl (C=O) groups excluding carboxylic acids is 1. The van der Waals surface area contributed by atoms with Gasteiger partial charge in [0.25, 0.3) is 0 Å². The number of rotatable bonds is 6. The fourth-order valence-electron chi connectivity index (χ4n) is 2.90. The van der Waals surface area contributed by atoms with Crippen molar-refractivity contribution in [2.24, 2.45) is 5.92 Å². The van der Waals surface area contributed by atoms with Gasteiger partial charge >= 0.3 is 6.03 Å². The van der Waals surface area contributed by atoms with Crippen molar-refractivity contribution in [3.8, 4) is 0 Å². The molecule has 2 N–H and O–H groups in total. The molecule has 2 rings (SSSR count). The SMILES string of the molecule is CN(CCCNC(=O)N1CCCC(CO)C1)c1ccccc1F. The van der Waals surface area contributed by atoms with Crippen molar-refractivity contribution in [1.82, 2.24) is 10.2 Å². The monoisotopic (exact) mass is 323 g/mol. The quantitative estimate of drug-likeness (QED) is 0.788. The van der Waals surface area contributed by atoms with Crippen molar-refractivity contribution in [2.45, 2.75) is 19.3 Å². The van der Waals surface area contributed by atoms with E-state index in [2.05, 4.69) is 5.32 Å². The van der Waals surface area contributed by atoms with Crippen molar-refractivity contribution < 1.29 is 14.3 Å². The molecule has 0 spiro atoms. The molecule has 0 saturated carbocycles. The van der Waals surface area contributed by atoms with E-state index in [0.717, 1.165) is 25.8 Å². The Labute approximate surface area is 137 Å². The van der Waals surface area contributed by atoms with E-state index in [0.29, 0.717) is 25.3 Å². The minimum atomic E-state index is -0.234. The van der Waals surface area contributed by atoms with E-state index in [1.807, 2.05) is 18.0 Å². The maximum atomic E-state index is 13.7. The van der Waals surface area contributed by atoms with Gasteiger partial charge in [-0.05, 0) is 37.3 Å². The summed E-state index contributed by atoms with van der Waals surface area (Å²) in [6.45, 7) is 2.73. The zero-order chi connectivity index (χ0) is 16.7. The van der Waals surface area contributed by atoms with Crippen LogP contribution in [0, 0.1) is 11.7 Å². The number of carbonyl (C=O) groups is 1. The van der Waals surface area contributed by atoms with E-state index in [9.17, 15) is 14.3 Å². The van der Waals surface area contributed by atoms with Gasteiger partial charge in [0.05, 0.1) is 5.69 Å². The second-order valence-electron chi connectivity index (χ2n) is 6.10. The molecule has 1 atom stereocenters. The number of aliphatic hydroxyl groups excluding tert-OH is 1. The van der Waals surface area contributed by atoms with E-state index in [1.165, 1.54) is 6.07 Å². The van der Waals surface area contributed by atoms with Crippen molar-refractivity contribution in [2.75, 3.05) is 44.7 Å². The second-order valence-corrected chi connectivity index (χ2v) is 6.10. The van der Waals surface area contributed by atoms with Gasteiger partial charge in [0, 0.05) is 39.8 Å². The van der Waals surface area contributed by atoms with Gasteiger partial charge in [-0.15, -0.1) is 0 Å². The molecule has 6 heteroatoms. The number of hydrogen-bond donors (Lipinski definition) is 2. The van der Waals surface area contributed by atoms with Gasteiger partial charge in [0.15, 0.2) is 0 Å². The molecular formula is C17H26FN3O2. The highest BCUT2D eigenvalue weighted by Crippen LogP contribution is 2.17. The van der Waals surface area contributed by atoms with Crippen LogP contribution in [-0.4, -0.2) is 55.9 Å². The Kier molecular flexibility index (Phi) is 6.65. The number of urea groups is 1. The molecule has 1 fully saturated rings. The summed E-state index contributed by atoms with van der Waals surface area (Å²) in [5.74, 6) is -0.0379. The number of piperidine rings is 1. The van der Waals surface area contributed by atoms with Crippen molar-refractivity contribution in [3.05, 3.63) is 30.1 Å². The lowest BCUT2D eigenvalue weighted by Crippen LogP contribution is -2.46. The average Bonchev–Trinajstić information content (AvgIpc) is 2.58. The maximum absolute atomic E-state index is 13.7. The molecule has 1 aromatic carbocycles. The van der Waals surface area contributed by atoms with Gasteiger partial charge in [-0.2, -0.15) is 0 Å². The number of nitrogens with one attached hydrogen (secondary N) is 1. The summed E-state index contributed by atoms with van der Waals surface area (Å²) < 4.78 is 13.7. The van der Waals surface area contributed by atoms with E-state index in [4.69, 9.17) is 0 Å². The highest BCUT2D eigenvalue weighted by Gasteiger charge is 2.22. The molecule has 1 heterocycles. The fourth-order valence-corrected chi connectivity index (χ4v) is 2.90. The smallest absolute Gasteiger partial charge is 0.317 e. The van der Waals surface area contributed by atoms with Crippen LogP contribution in [0.4, 0.5) is 14.9 Å². The summed E-state index contributed by atoms with van der Waals surface area (Å²) in [6, 6.07) is 6.60. The molecule has 0 aliphatic carbocycles.